The third kappa shape index (κ3) is 2.78. The van der Waals surface area contributed by atoms with Crippen molar-refractivity contribution < 1.29 is 9.59 Å². The van der Waals surface area contributed by atoms with E-state index in [4.69, 9.17) is 11.5 Å². The van der Waals surface area contributed by atoms with E-state index in [1.165, 1.54) is 4.57 Å². The molecule has 134 valence electrons. The fraction of sp³-hybridized carbons (Fsp3) is 0.222. The number of aryl methyl sites for hydroxylation is 2. The van der Waals surface area contributed by atoms with E-state index in [0.29, 0.717) is 21.8 Å². The highest BCUT2D eigenvalue weighted by atomic mass is 32.1. The van der Waals surface area contributed by atoms with Crippen LogP contribution in [0.4, 0.5) is 0 Å². The highest BCUT2D eigenvalue weighted by Gasteiger charge is 2.24. The molecule has 0 bridgehead atoms. The Balaban J connectivity index is 2.44. The van der Waals surface area contributed by atoms with Crippen LogP contribution in [0, 0.1) is 13.8 Å². The lowest BCUT2D eigenvalue weighted by atomic mass is 10.1. The van der Waals surface area contributed by atoms with Crippen LogP contribution in [0.2, 0.25) is 0 Å². The molecular formula is C18H18N4O3S. The minimum atomic E-state index is -0.896. The van der Waals surface area contributed by atoms with E-state index in [9.17, 15) is 14.4 Å². The smallest absolute Gasteiger partial charge is 0.263 e. The number of benzene rings is 1. The number of carbonyl (C=O) groups is 2. The topological polar surface area (TPSA) is 121 Å². The van der Waals surface area contributed by atoms with Crippen molar-refractivity contribution >= 4 is 33.4 Å². The largest absolute Gasteiger partial charge is 0.368 e. The lowest BCUT2D eigenvalue weighted by molar-refractivity contribution is -0.120. The second kappa shape index (κ2) is 6.38. The minimum Gasteiger partial charge on any atom is -0.368 e. The Morgan fingerprint density at radius 1 is 1.15 bits per heavy atom. The van der Waals surface area contributed by atoms with Gasteiger partial charge in [0.2, 0.25) is 5.91 Å². The van der Waals surface area contributed by atoms with Crippen LogP contribution in [-0.2, 0) is 4.79 Å². The second-order valence-electron chi connectivity index (χ2n) is 6.16. The molecule has 3 aromatic rings. The number of thiophene rings is 1. The summed E-state index contributed by atoms with van der Waals surface area (Å²) in [4.78, 5) is 41.9. The van der Waals surface area contributed by atoms with Crippen molar-refractivity contribution in [3.8, 4) is 11.4 Å². The van der Waals surface area contributed by atoms with Gasteiger partial charge in [-0.25, -0.2) is 4.98 Å². The summed E-state index contributed by atoms with van der Waals surface area (Å²) in [6, 6.07) is 6.52. The first-order valence-electron chi connectivity index (χ1n) is 7.94. The molecule has 1 aromatic carbocycles. The molecule has 3 rings (SSSR count). The third-order valence-electron chi connectivity index (χ3n) is 4.33. The first-order chi connectivity index (χ1) is 12.2. The Hall–Kier alpha value is -3.00. The van der Waals surface area contributed by atoms with Crippen molar-refractivity contribution in [2.75, 3.05) is 0 Å². The Morgan fingerprint density at radius 3 is 2.31 bits per heavy atom. The summed E-state index contributed by atoms with van der Waals surface area (Å²) < 4.78 is 1.28. The molecule has 0 aliphatic rings. The summed E-state index contributed by atoms with van der Waals surface area (Å²) >= 11 is 1.07. The van der Waals surface area contributed by atoms with Gasteiger partial charge in [0.1, 0.15) is 16.7 Å². The Labute approximate surface area is 153 Å². The number of fused-ring (bicyclic) bond motifs is 1. The molecule has 8 heteroatoms. The number of amides is 2. The van der Waals surface area contributed by atoms with Crippen LogP contribution in [0.15, 0.2) is 29.1 Å². The van der Waals surface area contributed by atoms with E-state index in [1.54, 1.807) is 13.8 Å². The van der Waals surface area contributed by atoms with Crippen molar-refractivity contribution in [2.24, 2.45) is 11.5 Å². The van der Waals surface area contributed by atoms with Gasteiger partial charge in [0.25, 0.3) is 11.5 Å². The van der Waals surface area contributed by atoms with Crippen LogP contribution in [0.1, 0.15) is 33.8 Å². The van der Waals surface area contributed by atoms with Crippen molar-refractivity contribution in [1.82, 2.24) is 9.55 Å². The average molecular weight is 370 g/mol. The Bertz CT molecular complexity index is 1100. The molecule has 1 atom stereocenters. The van der Waals surface area contributed by atoms with Gasteiger partial charge in [-0.15, -0.1) is 11.3 Å². The van der Waals surface area contributed by atoms with Crippen LogP contribution in [0.5, 0.6) is 0 Å². The molecule has 0 saturated heterocycles. The quantitative estimate of drug-likeness (QED) is 0.728. The molecule has 0 fully saturated rings. The van der Waals surface area contributed by atoms with E-state index in [-0.39, 0.29) is 10.3 Å². The van der Waals surface area contributed by atoms with Crippen molar-refractivity contribution in [3.63, 3.8) is 0 Å². The minimum absolute atomic E-state index is 0.281. The third-order valence-corrected chi connectivity index (χ3v) is 5.53. The summed E-state index contributed by atoms with van der Waals surface area (Å²) in [6.07, 6.45) is 0. The Morgan fingerprint density at radius 2 is 1.77 bits per heavy atom. The predicted molar refractivity (Wildman–Crippen MR) is 101 cm³/mol. The van der Waals surface area contributed by atoms with E-state index in [0.717, 1.165) is 16.9 Å². The van der Waals surface area contributed by atoms with Crippen LogP contribution in [0.3, 0.4) is 0 Å². The zero-order valence-corrected chi connectivity index (χ0v) is 15.4. The summed E-state index contributed by atoms with van der Waals surface area (Å²) in [5.41, 5.74) is 12.6. The van der Waals surface area contributed by atoms with E-state index < -0.39 is 23.4 Å². The number of hydrogen-bond acceptors (Lipinski definition) is 5. The monoisotopic (exact) mass is 370 g/mol. The van der Waals surface area contributed by atoms with Gasteiger partial charge in [-0.2, -0.15) is 0 Å². The van der Waals surface area contributed by atoms with Crippen LogP contribution < -0.4 is 17.0 Å². The standard InChI is InChI=1S/C18H18N4O3S/c1-8-4-6-11(7-5-8)16-21-17-12(9(2)13(26-17)15(20)24)18(25)22(16)10(3)14(19)23/h4-7,10H,1-3H3,(H2,19,23)(H2,20,24). The number of carbonyl (C=O) groups excluding carboxylic acids is 2. The number of rotatable bonds is 4. The molecule has 0 aliphatic heterocycles. The van der Waals surface area contributed by atoms with E-state index in [1.807, 2.05) is 31.2 Å². The molecule has 0 spiro atoms. The first-order valence-corrected chi connectivity index (χ1v) is 8.75. The summed E-state index contributed by atoms with van der Waals surface area (Å²) in [7, 11) is 0. The molecule has 26 heavy (non-hydrogen) atoms. The number of nitrogens with two attached hydrogens (primary N) is 2. The van der Waals surface area contributed by atoms with Gasteiger partial charge in [0, 0.05) is 5.56 Å². The van der Waals surface area contributed by atoms with Gasteiger partial charge in [-0.3, -0.25) is 19.0 Å². The molecule has 1 unspecified atom stereocenters. The first kappa shape index (κ1) is 17.8. The molecule has 0 radical (unpaired) electrons. The zero-order chi connectivity index (χ0) is 19.2. The summed E-state index contributed by atoms with van der Waals surface area (Å²) in [5.74, 6) is -0.938. The zero-order valence-electron chi connectivity index (χ0n) is 14.6. The molecular weight excluding hydrogens is 352 g/mol. The van der Waals surface area contributed by atoms with Crippen LogP contribution >= 0.6 is 11.3 Å². The molecule has 2 amide bonds. The van der Waals surface area contributed by atoms with Crippen LogP contribution in [0.25, 0.3) is 21.6 Å². The van der Waals surface area contributed by atoms with Gasteiger partial charge in [0.15, 0.2) is 0 Å². The maximum Gasteiger partial charge on any atom is 0.263 e. The molecule has 4 N–H and O–H groups in total. The second-order valence-corrected chi connectivity index (χ2v) is 7.15. The number of aromatic nitrogens is 2. The van der Waals surface area contributed by atoms with Crippen LogP contribution in [-0.4, -0.2) is 21.4 Å². The summed E-state index contributed by atoms with van der Waals surface area (Å²) in [6.45, 7) is 5.14. The van der Waals surface area contributed by atoms with E-state index in [2.05, 4.69) is 4.98 Å². The molecule has 0 aliphatic carbocycles. The average Bonchev–Trinajstić information content (AvgIpc) is 2.92. The fourth-order valence-corrected chi connectivity index (χ4v) is 3.85. The predicted octanol–water partition coefficient (Wildman–Crippen LogP) is 1.89. The van der Waals surface area contributed by atoms with Crippen molar-refractivity contribution in [1.29, 1.82) is 0 Å². The maximum absolute atomic E-state index is 13.2. The van der Waals surface area contributed by atoms with Gasteiger partial charge in [-0.1, -0.05) is 29.8 Å². The molecule has 0 saturated carbocycles. The van der Waals surface area contributed by atoms with Crippen molar-refractivity contribution in [2.45, 2.75) is 26.8 Å². The highest BCUT2D eigenvalue weighted by Crippen LogP contribution is 2.30. The maximum atomic E-state index is 13.2. The number of primary amides is 2. The SMILES string of the molecule is Cc1ccc(-c2nc3sc(C(N)=O)c(C)c3c(=O)n2C(C)C(N)=O)cc1. The highest BCUT2D eigenvalue weighted by molar-refractivity contribution is 7.20. The normalized spacial score (nSPS) is 12.3. The summed E-state index contributed by atoms with van der Waals surface area (Å²) in [5, 5.41) is 0.285. The fourth-order valence-electron chi connectivity index (χ4n) is 2.82. The number of hydrogen-bond donors (Lipinski definition) is 2. The Kier molecular flexibility index (Phi) is 4.37. The lowest BCUT2D eigenvalue weighted by Gasteiger charge is -2.17. The molecule has 7 nitrogen and oxygen atoms in total. The molecule has 2 heterocycles. The van der Waals surface area contributed by atoms with Gasteiger partial charge < -0.3 is 11.5 Å². The van der Waals surface area contributed by atoms with Gasteiger partial charge in [-0.05, 0) is 26.3 Å². The van der Waals surface area contributed by atoms with Gasteiger partial charge >= 0.3 is 0 Å². The number of nitrogens with zero attached hydrogens (tertiary/aromatic N) is 2. The van der Waals surface area contributed by atoms with Gasteiger partial charge in [0.05, 0.1) is 10.3 Å². The van der Waals surface area contributed by atoms with E-state index >= 15 is 0 Å². The lowest BCUT2D eigenvalue weighted by Crippen LogP contribution is -2.33. The molecule has 2 aromatic heterocycles. The van der Waals surface area contributed by atoms with Crippen molar-refractivity contribution in [3.05, 3.63) is 50.6 Å².